The smallest absolute Gasteiger partial charge is 0.122 e. The van der Waals surface area contributed by atoms with Crippen molar-refractivity contribution in [1.82, 2.24) is 4.98 Å². The number of rotatable bonds is 4. The second-order valence-corrected chi connectivity index (χ2v) is 4.91. The fraction of sp³-hybridized carbons (Fsp3) is 0.167. The van der Waals surface area contributed by atoms with E-state index in [0.717, 1.165) is 12.2 Å². The summed E-state index contributed by atoms with van der Waals surface area (Å²) < 4.78 is 0. The van der Waals surface area contributed by atoms with Gasteiger partial charge < -0.3 is 11.1 Å². The first-order valence-corrected chi connectivity index (χ1v) is 6.53. The van der Waals surface area contributed by atoms with Crippen LogP contribution in [0.25, 0.3) is 0 Å². The van der Waals surface area contributed by atoms with Crippen molar-refractivity contribution >= 4 is 34.2 Å². The van der Waals surface area contributed by atoms with E-state index in [1.165, 1.54) is 11.1 Å². The maximum absolute atomic E-state index is 5.48. The van der Waals surface area contributed by atoms with E-state index in [4.69, 9.17) is 18.0 Å². The summed E-state index contributed by atoms with van der Waals surface area (Å²) in [5.41, 5.74) is 9.73. The van der Waals surface area contributed by atoms with Crippen LogP contribution in [0, 0.1) is 6.92 Å². The van der Waals surface area contributed by atoms with Gasteiger partial charge in [0.15, 0.2) is 0 Å². The molecule has 0 radical (unpaired) electrons. The summed E-state index contributed by atoms with van der Waals surface area (Å²) in [6.07, 6.45) is 1.75. The van der Waals surface area contributed by atoms with E-state index in [0.29, 0.717) is 10.7 Å². The summed E-state index contributed by atoms with van der Waals surface area (Å²) in [5.74, 6) is 0. The molecule has 2 rings (SSSR count). The molecule has 0 spiro atoms. The average molecular weight is 263 g/mol. The number of thiocarbonyl (C=S) groups is 1. The van der Waals surface area contributed by atoms with Gasteiger partial charge in [-0.05, 0) is 40.9 Å². The van der Waals surface area contributed by atoms with E-state index in [-0.39, 0.29) is 0 Å². The van der Waals surface area contributed by atoms with Gasteiger partial charge in [-0.2, -0.15) is 11.3 Å². The van der Waals surface area contributed by atoms with Crippen molar-refractivity contribution < 1.29 is 0 Å². The number of nitrogens with two attached hydrogens (primary N) is 1. The lowest BCUT2D eigenvalue weighted by molar-refractivity contribution is 1.12. The monoisotopic (exact) mass is 263 g/mol. The molecule has 0 unspecified atom stereocenters. The molecular weight excluding hydrogens is 250 g/mol. The number of hydrogen-bond donors (Lipinski definition) is 2. The first-order chi connectivity index (χ1) is 8.16. The Hall–Kier alpha value is -1.46. The second-order valence-electron chi connectivity index (χ2n) is 3.73. The number of anilines is 1. The second kappa shape index (κ2) is 5.25. The van der Waals surface area contributed by atoms with E-state index in [2.05, 4.69) is 28.0 Å². The van der Waals surface area contributed by atoms with Crippen LogP contribution in [0.1, 0.15) is 16.8 Å². The molecule has 0 saturated carbocycles. The lowest BCUT2D eigenvalue weighted by Gasteiger charge is -2.06. The summed E-state index contributed by atoms with van der Waals surface area (Å²) in [5, 5.41) is 7.61. The Morgan fingerprint density at radius 3 is 2.82 bits per heavy atom. The Morgan fingerprint density at radius 2 is 2.29 bits per heavy atom. The van der Waals surface area contributed by atoms with Gasteiger partial charge in [0.05, 0.1) is 17.6 Å². The highest BCUT2D eigenvalue weighted by molar-refractivity contribution is 7.80. The van der Waals surface area contributed by atoms with E-state index >= 15 is 0 Å². The molecule has 0 amide bonds. The molecule has 3 nitrogen and oxygen atoms in total. The van der Waals surface area contributed by atoms with Crippen molar-refractivity contribution in [2.24, 2.45) is 5.73 Å². The van der Waals surface area contributed by atoms with Crippen LogP contribution < -0.4 is 11.1 Å². The maximum Gasteiger partial charge on any atom is 0.122 e. The van der Waals surface area contributed by atoms with Crippen LogP contribution in [0.4, 0.5) is 5.69 Å². The van der Waals surface area contributed by atoms with Gasteiger partial charge in [0.2, 0.25) is 0 Å². The molecule has 5 heteroatoms. The number of aromatic nitrogens is 1. The summed E-state index contributed by atoms with van der Waals surface area (Å²) in [7, 11) is 0. The Bertz CT molecular complexity index is 517. The highest BCUT2D eigenvalue weighted by atomic mass is 32.1. The quantitative estimate of drug-likeness (QED) is 0.833. The van der Waals surface area contributed by atoms with Crippen molar-refractivity contribution in [1.29, 1.82) is 0 Å². The molecule has 0 aliphatic heterocycles. The summed E-state index contributed by atoms with van der Waals surface area (Å²) >= 11 is 6.57. The molecule has 0 atom stereocenters. The zero-order valence-electron chi connectivity index (χ0n) is 9.43. The van der Waals surface area contributed by atoms with Gasteiger partial charge >= 0.3 is 0 Å². The van der Waals surface area contributed by atoms with Crippen LogP contribution in [-0.4, -0.2) is 9.97 Å². The predicted octanol–water partition coefficient (Wildman–Crippen LogP) is 2.70. The SMILES string of the molecule is Cc1cscc1CNc1ccc(C(N)=S)nc1. The van der Waals surface area contributed by atoms with Crippen molar-refractivity contribution in [3.63, 3.8) is 0 Å². The van der Waals surface area contributed by atoms with E-state index < -0.39 is 0 Å². The molecule has 0 fully saturated rings. The van der Waals surface area contributed by atoms with Gasteiger partial charge in [-0.1, -0.05) is 12.2 Å². The summed E-state index contributed by atoms with van der Waals surface area (Å²) in [4.78, 5) is 4.50. The molecule has 0 saturated heterocycles. The van der Waals surface area contributed by atoms with Gasteiger partial charge in [0.25, 0.3) is 0 Å². The van der Waals surface area contributed by atoms with E-state index in [1.807, 2.05) is 12.1 Å². The number of hydrogen-bond acceptors (Lipinski definition) is 4. The topological polar surface area (TPSA) is 50.9 Å². The first-order valence-electron chi connectivity index (χ1n) is 5.18. The third kappa shape index (κ3) is 3.01. The molecule has 0 aliphatic carbocycles. The van der Waals surface area contributed by atoms with Crippen LogP contribution in [0.5, 0.6) is 0 Å². The molecule has 88 valence electrons. The van der Waals surface area contributed by atoms with Crippen molar-refractivity contribution in [3.05, 3.63) is 45.9 Å². The molecule has 0 bridgehead atoms. The lowest BCUT2D eigenvalue weighted by atomic mass is 10.2. The van der Waals surface area contributed by atoms with Gasteiger partial charge in [-0.15, -0.1) is 0 Å². The highest BCUT2D eigenvalue weighted by Crippen LogP contribution is 2.15. The number of aryl methyl sites for hydroxylation is 1. The summed E-state index contributed by atoms with van der Waals surface area (Å²) in [6, 6.07) is 3.76. The maximum atomic E-state index is 5.48. The largest absolute Gasteiger partial charge is 0.388 e. The van der Waals surface area contributed by atoms with Gasteiger partial charge in [0, 0.05) is 6.54 Å². The number of pyridine rings is 1. The van der Waals surface area contributed by atoms with Crippen molar-refractivity contribution in [2.45, 2.75) is 13.5 Å². The highest BCUT2D eigenvalue weighted by Gasteiger charge is 2.00. The minimum absolute atomic E-state index is 0.324. The van der Waals surface area contributed by atoms with Gasteiger partial charge in [0.1, 0.15) is 4.99 Å². The zero-order valence-corrected chi connectivity index (χ0v) is 11.1. The molecule has 2 aromatic heterocycles. The number of nitrogens with zero attached hydrogens (tertiary/aromatic N) is 1. The average Bonchev–Trinajstić information content (AvgIpc) is 2.73. The Labute approximate surface area is 110 Å². The lowest BCUT2D eigenvalue weighted by Crippen LogP contribution is -2.11. The molecular formula is C12H13N3S2. The Morgan fingerprint density at radius 1 is 1.47 bits per heavy atom. The number of thiophene rings is 1. The minimum Gasteiger partial charge on any atom is -0.388 e. The third-order valence-corrected chi connectivity index (χ3v) is 3.58. The van der Waals surface area contributed by atoms with Crippen molar-refractivity contribution in [3.8, 4) is 0 Å². The van der Waals surface area contributed by atoms with E-state index in [1.54, 1.807) is 17.5 Å². The van der Waals surface area contributed by atoms with Crippen LogP contribution in [0.2, 0.25) is 0 Å². The first kappa shape index (κ1) is 12.0. The molecule has 0 aromatic carbocycles. The Balaban J connectivity index is 2.00. The molecule has 3 N–H and O–H groups in total. The van der Waals surface area contributed by atoms with Crippen LogP contribution >= 0.6 is 23.6 Å². The van der Waals surface area contributed by atoms with Gasteiger partial charge in [-0.25, -0.2) is 0 Å². The van der Waals surface area contributed by atoms with Crippen molar-refractivity contribution in [2.75, 3.05) is 5.32 Å². The normalized spacial score (nSPS) is 10.2. The standard InChI is InChI=1S/C12H13N3S2/c1-8-6-17-7-9(8)4-14-10-2-3-11(12(13)16)15-5-10/h2-3,5-7,14H,4H2,1H3,(H2,13,16). The van der Waals surface area contributed by atoms with E-state index in [9.17, 15) is 0 Å². The minimum atomic E-state index is 0.324. The van der Waals surface area contributed by atoms with Crippen LogP contribution in [0.3, 0.4) is 0 Å². The number of nitrogens with one attached hydrogen (secondary N) is 1. The summed E-state index contributed by atoms with van der Waals surface area (Å²) in [6.45, 7) is 2.92. The van der Waals surface area contributed by atoms with Crippen LogP contribution in [-0.2, 0) is 6.54 Å². The Kier molecular flexibility index (Phi) is 3.71. The third-order valence-electron chi connectivity index (χ3n) is 2.46. The fourth-order valence-electron chi connectivity index (χ4n) is 1.41. The molecule has 0 aliphatic rings. The molecule has 17 heavy (non-hydrogen) atoms. The van der Waals surface area contributed by atoms with Gasteiger partial charge in [-0.3, -0.25) is 4.98 Å². The fourth-order valence-corrected chi connectivity index (χ4v) is 2.39. The molecule has 2 heterocycles. The van der Waals surface area contributed by atoms with Crippen LogP contribution in [0.15, 0.2) is 29.1 Å². The zero-order chi connectivity index (χ0) is 12.3. The molecule has 2 aromatic rings. The predicted molar refractivity (Wildman–Crippen MR) is 76.5 cm³/mol.